The number of ether oxygens (including phenoxy) is 1. The maximum Gasteiger partial charge on any atom is 0.162 e. The average Bonchev–Trinajstić information content (AvgIpc) is 2.77. The van der Waals surface area contributed by atoms with Crippen molar-refractivity contribution in [2.45, 2.75) is 26.6 Å². The predicted octanol–water partition coefficient (Wildman–Crippen LogP) is 2.62. The third kappa shape index (κ3) is 2.85. The first-order valence-corrected chi connectivity index (χ1v) is 5.52. The van der Waals surface area contributed by atoms with Gasteiger partial charge in [0, 0.05) is 11.6 Å². The van der Waals surface area contributed by atoms with E-state index < -0.39 is 0 Å². The lowest BCUT2D eigenvalue weighted by atomic mass is 10.1. The first kappa shape index (κ1) is 11.7. The molecule has 1 N–H and O–H groups in total. The molecule has 1 aromatic carbocycles. The van der Waals surface area contributed by atoms with Gasteiger partial charge in [-0.25, -0.2) is 0 Å². The van der Waals surface area contributed by atoms with Gasteiger partial charge >= 0.3 is 0 Å². The molecule has 0 amide bonds. The highest BCUT2D eigenvalue weighted by atomic mass is 16.5. The third-order valence-corrected chi connectivity index (χ3v) is 2.22. The van der Waals surface area contributed by atoms with Crippen molar-refractivity contribution in [1.82, 2.24) is 5.16 Å². The van der Waals surface area contributed by atoms with E-state index in [-0.39, 0.29) is 12.7 Å². The maximum atomic E-state index is 8.91. The largest absolute Gasteiger partial charge is 0.491 e. The number of nitrogens with zero attached hydrogens (tertiary/aromatic N) is 1. The van der Waals surface area contributed by atoms with Gasteiger partial charge < -0.3 is 14.4 Å². The second-order valence-corrected chi connectivity index (χ2v) is 4.03. The van der Waals surface area contributed by atoms with E-state index >= 15 is 0 Å². The standard InChI is InChI=1S/C13H15NO3/c1-9(2)16-11-5-3-4-10(6-11)13-7-12(8-15)17-14-13/h3-7,9,15H,8H2,1-2H3. The summed E-state index contributed by atoms with van der Waals surface area (Å²) in [7, 11) is 0. The zero-order chi connectivity index (χ0) is 12.3. The van der Waals surface area contributed by atoms with Gasteiger partial charge in [-0.15, -0.1) is 0 Å². The van der Waals surface area contributed by atoms with Crippen LogP contribution >= 0.6 is 0 Å². The van der Waals surface area contributed by atoms with Crippen molar-refractivity contribution in [1.29, 1.82) is 0 Å². The van der Waals surface area contributed by atoms with E-state index in [0.717, 1.165) is 11.3 Å². The summed E-state index contributed by atoms with van der Waals surface area (Å²) in [5.74, 6) is 1.25. The Kier molecular flexibility index (Phi) is 3.44. The highest BCUT2D eigenvalue weighted by Gasteiger charge is 2.07. The van der Waals surface area contributed by atoms with Gasteiger partial charge in [-0.2, -0.15) is 0 Å². The summed E-state index contributed by atoms with van der Waals surface area (Å²) < 4.78 is 10.6. The van der Waals surface area contributed by atoms with Crippen LogP contribution < -0.4 is 4.74 Å². The highest BCUT2D eigenvalue weighted by molar-refractivity contribution is 5.60. The molecular weight excluding hydrogens is 218 g/mol. The molecule has 4 heteroatoms. The van der Waals surface area contributed by atoms with Gasteiger partial charge in [-0.3, -0.25) is 0 Å². The molecule has 0 saturated carbocycles. The summed E-state index contributed by atoms with van der Waals surface area (Å²) in [6, 6.07) is 9.34. The van der Waals surface area contributed by atoms with E-state index in [1.54, 1.807) is 6.07 Å². The van der Waals surface area contributed by atoms with Crippen LogP contribution in [0.25, 0.3) is 11.3 Å². The molecule has 1 aromatic heterocycles. The molecule has 2 aromatic rings. The summed E-state index contributed by atoms with van der Waals surface area (Å²) in [6.07, 6.45) is 0.135. The Labute approximate surface area is 99.8 Å². The van der Waals surface area contributed by atoms with Crippen molar-refractivity contribution >= 4 is 0 Å². The van der Waals surface area contributed by atoms with Gasteiger partial charge in [0.15, 0.2) is 5.76 Å². The lowest BCUT2D eigenvalue weighted by Gasteiger charge is -2.09. The van der Waals surface area contributed by atoms with Crippen molar-refractivity contribution < 1.29 is 14.4 Å². The van der Waals surface area contributed by atoms with E-state index in [2.05, 4.69) is 5.16 Å². The summed E-state index contributed by atoms with van der Waals surface area (Å²) in [5, 5.41) is 12.8. The zero-order valence-electron chi connectivity index (χ0n) is 9.88. The van der Waals surface area contributed by atoms with Crippen LogP contribution in [0.3, 0.4) is 0 Å². The van der Waals surface area contributed by atoms with Gasteiger partial charge in [0.05, 0.1) is 6.10 Å². The van der Waals surface area contributed by atoms with Crippen molar-refractivity contribution in [2.75, 3.05) is 0 Å². The van der Waals surface area contributed by atoms with Crippen LogP contribution in [0.5, 0.6) is 5.75 Å². The molecule has 17 heavy (non-hydrogen) atoms. The molecule has 0 aliphatic carbocycles. The lowest BCUT2D eigenvalue weighted by Crippen LogP contribution is -2.05. The van der Waals surface area contributed by atoms with Crippen LogP contribution in [0.15, 0.2) is 34.9 Å². The molecule has 0 atom stereocenters. The second kappa shape index (κ2) is 5.01. The third-order valence-electron chi connectivity index (χ3n) is 2.22. The Morgan fingerprint density at radius 2 is 2.18 bits per heavy atom. The Morgan fingerprint density at radius 1 is 1.35 bits per heavy atom. The molecule has 0 bridgehead atoms. The summed E-state index contributed by atoms with van der Waals surface area (Å²) in [6.45, 7) is 3.81. The van der Waals surface area contributed by atoms with Gasteiger partial charge in [0.25, 0.3) is 0 Å². The number of hydrogen-bond donors (Lipinski definition) is 1. The predicted molar refractivity (Wildman–Crippen MR) is 63.6 cm³/mol. The van der Waals surface area contributed by atoms with Gasteiger partial charge in [0.1, 0.15) is 18.1 Å². The van der Waals surface area contributed by atoms with E-state index in [9.17, 15) is 0 Å². The molecule has 90 valence electrons. The second-order valence-electron chi connectivity index (χ2n) is 4.03. The van der Waals surface area contributed by atoms with Crippen LogP contribution in [0.1, 0.15) is 19.6 Å². The van der Waals surface area contributed by atoms with Crippen LogP contribution in [-0.4, -0.2) is 16.4 Å². The Morgan fingerprint density at radius 3 is 2.82 bits per heavy atom. The monoisotopic (exact) mass is 233 g/mol. The van der Waals surface area contributed by atoms with Crippen LogP contribution in [0.2, 0.25) is 0 Å². The topological polar surface area (TPSA) is 55.5 Å². The Balaban J connectivity index is 2.26. The first-order valence-electron chi connectivity index (χ1n) is 5.52. The molecule has 2 rings (SSSR count). The maximum absolute atomic E-state index is 8.91. The van der Waals surface area contributed by atoms with Crippen molar-refractivity contribution in [3.63, 3.8) is 0 Å². The first-order chi connectivity index (χ1) is 8.19. The van der Waals surface area contributed by atoms with E-state index in [0.29, 0.717) is 11.5 Å². The Bertz CT molecular complexity index is 491. The van der Waals surface area contributed by atoms with E-state index in [1.807, 2.05) is 38.1 Å². The smallest absolute Gasteiger partial charge is 0.162 e. The fourth-order valence-electron chi connectivity index (χ4n) is 1.52. The summed E-state index contributed by atoms with van der Waals surface area (Å²) in [5.41, 5.74) is 1.61. The van der Waals surface area contributed by atoms with Crippen molar-refractivity contribution in [3.8, 4) is 17.0 Å². The Hall–Kier alpha value is -1.81. The fourth-order valence-corrected chi connectivity index (χ4v) is 1.52. The number of aliphatic hydroxyl groups excluding tert-OH is 1. The molecule has 0 aliphatic rings. The van der Waals surface area contributed by atoms with Crippen LogP contribution in [-0.2, 0) is 6.61 Å². The van der Waals surface area contributed by atoms with Crippen LogP contribution in [0.4, 0.5) is 0 Å². The van der Waals surface area contributed by atoms with Crippen molar-refractivity contribution in [2.24, 2.45) is 0 Å². The van der Waals surface area contributed by atoms with Gasteiger partial charge in [-0.1, -0.05) is 17.3 Å². The van der Waals surface area contributed by atoms with E-state index in [4.69, 9.17) is 14.4 Å². The summed E-state index contributed by atoms with van der Waals surface area (Å²) >= 11 is 0. The number of hydrogen-bond acceptors (Lipinski definition) is 4. The molecule has 0 radical (unpaired) electrons. The minimum Gasteiger partial charge on any atom is -0.491 e. The molecule has 0 spiro atoms. The van der Waals surface area contributed by atoms with Gasteiger partial charge in [0.2, 0.25) is 0 Å². The number of rotatable bonds is 4. The van der Waals surface area contributed by atoms with Crippen molar-refractivity contribution in [3.05, 3.63) is 36.1 Å². The molecular formula is C13H15NO3. The van der Waals surface area contributed by atoms with Gasteiger partial charge in [-0.05, 0) is 26.0 Å². The SMILES string of the molecule is CC(C)Oc1cccc(-c2cc(CO)on2)c1. The molecule has 4 nitrogen and oxygen atoms in total. The average molecular weight is 233 g/mol. The minimum absolute atomic E-state index is 0.135. The molecule has 1 heterocycles. The zero-order valence-corrected chi connectivity index (χ0v) is 9.88. The molecule has 0 unspecified atom stereocenters. The quantitative estimate of drug-likeness (QED) is 0.882. The minimum atomic E-state index is -0.144. The number of aliphatic hydroxyl groups is 1. The normalized spacial score (nSPS) is 10.8. The molecule has 0 fully saturated rings. The van der Waals surface area contributed by atoms with Crippen LogP contribution in [0, 0.1) is 0 Å². The summed E-state index contributed by atoms with van der Waals surface area (Å²) in [4.78, 5) is 0. The highest BCUT2D eigenvalue weighted by Crippen LogP contribution is 2.24. The number of aromatic nitrogens is 1. The van der Waals surface area contributed by atoms with E-state index in [1.165, 1.54) is 0 Å². The molecule has 0 aliphatic heterocycles. The number of benzene rings is 1. The lowest BCUT2D eigenvalue weighted by molar-refractivity contribution is 0.229. The fraction of sp³-hybridized carbons (Fsp3) is 0.308. The molecule has 0 saturated heterocycles.